The Hall–Kier alpha value is -2.13. The van der Waals surface area contributed by atoms with Gasteiger partial charge in [0.1, 0.15) is 5.69 Å². The van der Waals surface area contributed by atoms with Crippen molar-refractivity contribution in [3.63, 3.8) is 0 Å². The van der Waals surface area contributed by atoms with Crippen LogP contribution in [0.3, 0.4) is 0 Å². The standard InChI is InChI=1S/C22H34F2N6O/c1-21(2,3)30(5)14-6-11-26-16-7-8-17(19-28-29-20(31-19)22(4,23)24)27-18(16)15-9-12-25-13-10-15/h7-8,15,25-26H,6,9-14H2,1-5H3. The second-order valence-corrected chi connectivity index (χ2v) is 9.33. The maximum absolute atomic E-state index is 13.5. The fourth-order valence-electron chi connectivity index (χ4n) is 3.53. The summed E-state index contributed by atoms with van der Waals surface area (Å²) in [5.41, 5.74) is 2.48. The van der Waals surface area contributed by atoms with Crippen molar-refractivity contribution in [1.29, 1.82) is 0 Å². The largest absolute Gasteiger partial charge is 0.413 e. The molecule has 172 valence electrons. The van der Waals surface area contributed by atoms with Crippen LogP contribution in [0.5, 0.6) is 0 Å². The van der Waals surface area contributed by atoms with Crippen LogP contribution in [-0.4, -0.2) is 58.8 Å². The van der Waals surface area contributed by atoms with Gasteiger partial charge >= 0.3 is 5.92 Å². The molecule has 2 aromatic heterocycles. The first-order valence-electron chi connectivity index (χ1n) is 10.9. The quantitative estimate of drug-likeness (QED) is 0.599. The van der Waals surface area contributed by atoms with Crippen LogP contribution in [0, 0.1) is 0 Å². The van der Waals surface area contributed by atoms with Gasteiger partial charge in [-0.15, -0.1) is 10.2 Å². The zero-order chi connectivity index (χ0) is 22.6. The second kappa shape index (κ2) is 9.56. The molecule has 0 saturated carbocycles. The molecule has 0 bridgehead atoms. The minimum atomic E-state index is -3.18. The smallest absolute Gasteiger partial charge is 0.321 e. The monoisotopic (exact) mass is 436 g/mol. The highest BCUT2D eigenvalue weighted by Gasteiger charge is 2.32. The Morgan fingerprint density at radius 1 is 1.16 bits per heavy atom. The molecule has 0 unspecified atom stereocenters. The van der Waals surface area contributed by atoms with E-state index in [1.807, 2.05) is 6.07 Å². The van der Waals surface area contributed by atoms with Gasteiger partial charge in [-0.05, 0) is 72.3 Å². The van der Waals surface area contributed by atoms with Crippen LogP contribution < -0.4 is 10.6 Å². The van der Waals surface area contributed by atoms with Crippen LogP contribution in [0.1, 0.15) is 64.5 Å². The molecule has 0 amide bonds. The number of aromatic nitrogens is 3. The molecule has 7 nitrogen and oxygen atoms in total. The number of piperidine rings is 1. The summed E-state index contributed by atoms with van der Waals surface area (Å²) in [7, 11) is 2.13. The van der Waals surface area contributed by atoms with Gasteiger partial charge in [0.05, 0.1) is 11.4 Å². The van der Waals surface area contributed by atoms with Gasteiger partial charge in [-0.2, -0.15) is 8.78 Å². The van der Waals surface area contributed by atoms with E-state index < -0.39 is 11.8 Å². The van der Waals surface area contributed by atoms with E-state index in [9.17, 15) is 8.78 Å². The van der Waals surface area contributed by atoms with E-state index in [4.69, 9.17) is 9.40 Å². The number of alkyl halides is 2. The third-order valence-corrected chi connectivity index (χ3v) is 5.80. The Bertz CT molecular complexity index is 852. The lowest BCUT2D eigenvalue weighted by Crippen LogP contribution is -2.39. The summed E-state index contributed by atoms with van der Waals surface area (Å²) in [6, 6.07) is 3.69. The van der Waals surface area contributed by atoms with Crippen molar-refractivity contribution >= 4 is 5.69 Å². The van der Waals surface area contributed by atoms with Crippen LogP contribution in [0.15, 0.2) is 16.5 Å². The summed E-state index contributed by atoms with van der Waals surface area (Å²) in [4.78, 5) is 7.11. The number of hydrogen-bond donors (Lipinski definition) is 2. The summed E-state index contributed by atoms with van der Waals surface area (Å²) < 4.78 is 32.2. The van der Waals surface area contributed by atoms with Gasteiger partial charge in [0, 0.05) is 31.5 Å². The molecule has 3 heterocycles. The van der Waals surface area contributed by atoms with Crippen molar-refractivity contribution < 1.29 is 13.2 Å². The van der Waals surface area contributed by atoms with Crippen molar-refractivity contribution in [3.05, 3.63) is 23.7 Å². The third kappa shape index (κ3) is 6.20. The predicted octanol–water partition coefficient (Wildman–Crippen LogP) is 4.24. The average molecular weight is 437 g/mol. The molecule has 31 heavy (non-hydrogen) atoms. The highest BCUT2D eigenvalue weighted by atomic mass is 19.3. The third-order valence-electron chi connectivity index (χ3n) is 5.80. The highest BCUT2D eigenvalue weighted by molar-refractivity contribution is 5.57. The first kappa shape index (κ1) is 23.5. The van der Waals surface area contributed by atoms with Gasteiger partial charge < -0.3 is 20.0 Å². The molecule has 1 aliphatic heterocycles. The van der Waals surface area contributed by atoms with Crippen LogP contribution >= 0.6 is 0 Å². The Balaban J connectivity index is 1.76. The summed E-state index contributed by atoms with van der Waals surface area (Å²) in [6.45, 7) is 11.0. The van der Waals surface area contributed by atoms with Crippen LogP contribution in [0.25, 0.3) is 11.6 Å². The van der Waals surface area contributed by atoms with E-state index in [0.29, 0.717) is 5.69 Å². The normalized spacial score (nSPS) is 16.1. The fraction of sp³-hybridized carbons (Fsp3) is 0.682. The van der Waals surface area contributed by atoms with E-state index in [-0.39, 0.29) is 17.3 Å². The molecule has 0 spiro atoms. The number of nitrogens with one attached hydrogen (secondary N) is 2. The zero-order valence-electron chi connectivity index (χ0n) is 19.1. The van der Waals surface area contributed by atoms with E-state index in [2.05, 4.69) is 53.5 Å². The van der Waals surface area contributed by atoms with Gasteiger partial charge in [0.2, 0.25) is 0 Å². The number of pyridine rings is 1. The van der Waals surface area contributed by atoms with Crippen LogP contribution in [0.2, 0.25) is 0 Å². The minimum Gasteiger partial charge on any atom is -0.413 e. The maximum atomic E-state index is 13.5. The minimum absolute atomic E-state index is 0.0186. The molecular formula is C22H34F2N6O. The van der Waals surface area contributed by atoms with Gasteiger partial charge in [-0.3, -0.25) is 0 Å². The molecule has 0 radical (unpaired) electrons. The Morgan fingerprint density at radius 3 is 2.48 bits per heavy atom. The van der Waals surface area contributed by atoms with E-state index in [1.165, 1.54) is 0 Å². The zero-order valence-corrected chi connectivity index (χ0v) is 19.1. The molecule has 0 aliphatic carbocycles. The number of rotatable bonds is 8. The fourth-order valence-corrected chi connectivity index (χ4v) is 3.53. The van der Waals surface area contributed by atoms with Crippen molar-refractivity contribution in [2.75, 3.05) is 38.5 Å². The maximum Gasteiger partial charge on any atom is 0.321 e. The van der Waals surface area contributed by atoms with Gasteiger partial charge in [-0.1, -0.05) is 0 Å². The summed E-state index contributed by atoms with van der Waals surface area (Å²) in [5, 5.41) is 14.2. The summed E-state index contributed by atoms with van der Waals surface area (Å²) >= 11 is 0. The molecule has 1 fully saturated rings. The molecular weight excluding hydrogens is 402 g/mol. The van der Waals surface area contributed by atoms with Crippen LogP contribution in [0.4, 0.5) is 14.5 Å². The molecule has 3 rings (SSSR count). The van der Waals surface area contributed by atoms with Crippen molar-refractivity contribution in [1.82, 2.24) is 25.4 Å². The van der Waals surface area contributed by atoms with Crippen molar-refractivity contribution in [3.8, 4) is 11.6 Å². The molecule has 1 aliphatic rings. The van der Waals surface area contributed by atoms with Crippen molar-refractivity contribution in [2.45, 2.75) is 64.3 Å². The van der Waals surface area contributed by atoms with Gasteiger partial charge in [0.15, 0.2) is 0 Å². The molecule has 2 N–H and O–H groups in total. The lowest BCUT2D eigenvalue weighted by Gasteiger charge is -2.32. The van der Waals surface area contributed by atoms with Gasteiger partial charge in [-0.25, -0.2) is 4.98 Å². The average Bonchev–Trinajstić information content (AvgIpc) is 3.22. The predicted molar refractivity (Wildman–Crippen MR) is 117 cm³/mol. The molecule has 2 aromatic rings. The highest BCUT2D eigenvalue weighted by Crippen LogP contribution is 2.33. The SMILES string of the molecule is CN(CCCNc1ccc(-c2nnc(C(C)(F)F)o2)nc1C1CCNCC1)C(C)(C)C. The molecule has 1 saturated heterocycles. The Labute approximate surface area is 183 Å². The first-order chi connectivity index (χ1) is 14.6. The summed E-state index contributed by atoms with van der Waals surface area (Å²) in [5.74, 6) is -3.57. The van der Waals surface area contributed by atoms with Crippen LogP contribution in [-0.2, 0) is 5.92 Å². The molecule has 9 heteroatoms. The van der Waals surface area contributed by atoms with Gasteiger partial charge in [0.25, 0.3) is 11.8 Å². The molecule has 0 atom stereocenters. The lowest BCUT2D eigenvalue weighted by molar-refractivity contribution is -0.0105. The van der Waals surface area contributed by atoms with E-state index >= 15 is 0 Å². The Kier molecular flexibility index (Phi) is 7.26. The van der Waals surface area contributed by atoms with Crippen molar-refractivity contribution in [2.24, 2.45) is 0 Å². The van der Waals surface area contributed by atoms with E-state index in [0.717, 1.165) is 63.7 Å². The number of halogens is 2. The second-order valence-electron chi connectivity index (χ2n) is 9.33. The number of hydrogen-bond acceptors (Lipinski definition) is 7. The Morgan fingerprint density at radius 2 is 1.87 bits per heavy atom. The number of nitrogens with zero attached hydrogens (tertiary/aromatic N) is 4. The lowest BCUT2D eigenvalue weighted by atomic mass is 9.92. The summed E-state index contributed by atoms with van der Waals surface area (Å²) in [6.07, 6.45) is 2.94. The van der Waals surface area contributed by atoms with E-state index in [1.54, 1.807) is 6.07 Å². The topological polar surface area (TPSA) is 79.1 Å². The first-order valence-corrected chi connectivity index (χ1v) is 10.9. The number of anilines is 1. The molecule has 0 aromatic carbocycles.